The van der Waals surface area contributed by atoms with Gasteiger partial charge in [-0.25, -0.2) is 4.79 Å². The highest BCUT2D eigenvalue weighted by molar-refractivity contribution is 5.79. The molecule has 0 saturated carbocycles. The van der Waals surface area contributed by atoms with Crippen LogP contribution >= 0.6 is 0 Å². The highest BCUT2D eigenvalue weighted by atomic mass is 16.5. The van der Waals surface area contributed by atoms with E-state index in [1.807, 2.05) is 12.1 Å². The Balaban J connectivity index is 1.33. The van der Waals surface area contributed by atoms with Crippen molar-refractivity contribution in [3.05, 3.63) is 59.7 Å². The summed E-state index contributed by atoms with van der Waals surface area (Å²) in [7, 11) is 0. The largest absolute Gasteiger partial charge is 0.449 e. The van der Waals surface area contributed by atoms with Crippen molar-refractivity contribution in [2.24, 2.45) is 0 Å². The standard InChI is InChI=1S/C23H28N2O3/c26-14-6-13-25-12-5-7-17(25)15-24-23(27)28-16-22-20-10-3-1-8-18(20)19-9-2-4-11-21(19)22/h1-4,8-11,17,22,26H,5-7,12-16H2,(H,24,27). The highest BCUT2D eigenvalue weighted by Gasteiger charge is 2.29. The zero-order valence-electron chi connectivity index (χ0n) is 16.1. The van der Waals surface area contributed by atoms with Gasteiger partial charge in [0.05, 0.1) is 0 Å². The zero-order valence-corrected chi connectivity index (χ0v) is 16.1. The molecule has 1 aliphatic carbocycles. The molecule has 2 aromatic rings. The summed E-state index contributed by atoms with van der Waals surface area (Å²) in [6.45, 7) is 3.08. The molecular formula is C23H28N2O3. The van der Waals surface area contributed by atoms with Gasteiger partial charge < -0.3 is 15.2 Å². The van der Waals surface area contributed by atoms with E-state index < -0.39 is 0 Å². The molecule has 0 aromatic heterocycles. The van der Waals surface area contributed by atoms with Crippen LogP contribution in [0.3, 0.4) is 0 Å². The molecule has 1 aliphatic heterocycles. The third-order valence-corrected chi connectivity index (χ3v) is 5.93. The van der Waals surface area contributed by atoms with Crippen LogP contribution in [0.1, 0.15) is 36.3 Å². The van der Waals surface area contributed by atoms with Crippen LogP contribution in [0.15, 0.2) is 48.5 Å². The Hall–Kier alpha value is -2.37. The molecule has 1 atom stereocenters. The molecule has 1 fully saturated rings. The Morgan fingerprint density at radius 2 is 1.79 bits per heavy atom. The first-order valence-corrected chi connectivity index (χ1v) is 10.2. The number of nitrogens with one attached hydrogen (secondary N) is 1. The first kappa shape index (κ1) is 19.0. The average molecular weight is 380 g/mol. The predicted molar refractivity (Wildman–Crippen MR) is 109 cm³/mol. The van der Waals surface area contributed by atoms with Gasteiger partial charge in [0.15, 0.2) is 0 Å². The maximum atomic E-state index is 12.3. The summed E-state index contributed by atoms with van der Waals surface area (Å²) < 4.78 is 5.61. The number of hydrogen-bond donors (Lipinski definition) is 2. The number of alkyl carbamates (subject to hydrolysis) is 1. The topological polar surface area (TPSA) is 61.8 Å². The lowest BCUT2D eigenvalue weighted by atomic mass is 9.98. The fourth-order valence-electron chi connectivity index (χ4n) is 4.55. The molecule has 2 N–H and O–H groups in total. The summed E-state index contributed by atoms with van der Waals surface area (Å²) in [5, 5.41) is 12.0. The molecule has 5 heteroatoms. The van der Waals surface area contributed by atoms with Crippen LogP contribution in [0, 0.1) is 0 Å². The molecule has 1 heterocycles. The van der Waals surface area contributed by atoms with Crippen LogP contribution in [0.25, 0.3) is 11.1 Å². The lowest BCUT2D eigenvalue weighted by Gasteiger charge is -2.24. The van der Waals surface area contributed by atoms with Crippen LogP contribution in [0.4, 0.5) is 4.79 Å². The van der Waals surface area contributed by atoms with Crippen LogP contribution < -0.4 is 5.32 Å². The molecule has 148 valence electrons. The van der Waals surface area contributed by atoms with E-state index in [4.69, 9.17) is 9.84 Å². The molecule has 4 rings (SSSR count). The fraction of sp³-hybridized carbons (Fsp3) is 0.435. The summed E-state index contributed by atoms with van der Waals surface area (Å²) >= 11 is 0. The van der Waals surface area contributed by atoms with Crippen LogP contribution in [-0.4, -0.2) is 55.0 Å². The van der Waals surface area contributed by atoms with Crippen molar-refractivity contribution in [2.75, 3.05) is 32.8 Å². The minimum atomic E-state index is -0.351. The Morgan fingerprint density at radius 1 is 1.11 bits per heavy atom. The number of aliphatic hydroxyl groups is 1. The second-order valence-corrected chi connectivity index (χ2v) is 7.62. The molecule has 0 radical (unpaired) electrons. The van der Waals surface area contributed by atoms with E-state index >= 15 is 0 Å². The summed E-state index contributed by atoms with van der Waals surface area (Å²) in [4.78, 5) is 14.7. The maximum Gasteiger partial charge on any atom is 0.407 e. The van der Waals surface area contributed by atoms with Crippen LogP contribution in [-0.2, 0) is 4.74 Å². The number of carbonyl (C=O) groups is 1. The van der Waals surface area contributed by atoms with Gasteiger partial charge in [-0.3, -0.25) is 4.90 Å². The van der Waals surface area contributed by atoms with Gasteiger partial charge in [-0.05, 0) is 48.1 Å². The Labute approximate surface area is 166 Å². The number of aliphatic hydroxyl groups excluding tert-OH is 1. The normalized spacial score (nSPS) is 18.7. The van der Waals surface area contributed by atoms with Gasteiger partial charge in [0.2, 0.25) is 0 Å². The summed E-state index contributed by atoms with van der Waals surface area (Å²) in [5.41, 5.74) is 4.92. The number of benzene rings is 2. The van der Waals surface area contributed by atoms with Crippen molar-refractivity contribution in [1.82, 2.24) is 10.2 Å². The van der Waals surface area contributed by atoms with Crippen molar-refractivity contribution in [3.8, 4) is 11.1 Å². The average Bonchev–Trinajstić information content (AvgIpc) is 3.31. The van der Waals surface area contributed by atoms with E-state index in [1.54, 1.807) is 0 Å². The molecule has 28 heavy (non-hydrogen) atoms. The van der Waals surface area contributed by atoms with Gasteiger partial charge in [0.1, 0.15) is 6.61 Å². The second-order valence-electron chi connectivity index (χ2n) is 7.62. The predicted octanol–water partition coefficient (Wildman–Crippen LogP) is 3.37. The lowest BCUT2D eigenvalue weighted by molar-refractivity contribution is 0.138. The fourth-order valence-corrected chi connectivity index (χ4v) is 4.55. The summed E-state index contributed by atoms with van der Waals surface area (Å²) in [5.74, 6) is 0.0886. The van der Waals surface area contributed by atoms with Crippen LogP contribution in [0.5, 0.6) is 0 Å². The van der Waals surface area contributed by atoms with Crippen molar-refractivity contribution in [1.29, 1.82) is 0 Å². The van der Waals surface area contributed by atoms with Gasteiger partial charge in [-0.15, -0.1) is 0 Å². The molecular weight excluding hydrogens is 352 g/mol. The third-order valence-electron chi connectivity index (χ3n) is 5.93. The Kier molecular flexibility index (Phi) is 5.93. The number of likely N-dealkylation sites (tertiary alicyclic amines) is 1. The minimum Gasteiger partial charge on any atom is -0.449 e. The van der Waals surface area contributed by atoms with E-state index in [-0.39, 0.29) is 18.6 Å². The van der Waals surface area contributed by atoms with Crippen molar-refractivity contribution in [3.63, 3.8) is 0 Å². The lowest BCUT2D eigenvalue weighted by Crippen LogP contribution is -2.41. The molecule has 1 saturated heterocycles. The molecule has 1 amide bonds. The number of amides is 1. The summed E-state index contributed by atoms with van der Waals surface area (Å²) in [6, 6.07) is 17.0. The third kappa shape index (κ3) is 3.91. The van der Waals surface area contributed by atoms with Gasteiger partial charge in [-0.2, -0.15) is 0 Å². The first-order valence-electron chi connectivity index (χ1n) is 10.2. The SMILES string of the molecule is O=C(NCC1CCCN1CCCO)OCC1c2ccccc2-c2ccccc21. The zero-order chi connectivity index (χ0) is 19.3. The van der Waals surface area contributed by atoms with Crippen molar-refractivity contribution in [2.45, 2.75) is 31.2 Å². The van der Waals surface area contributed by atoms with Gasteiger partial charge >= 0.3 is 6.09 Å². The number of ether oxygens (including phenoxy) is 1. The molecule has 1 unspecified atom stereocenters. The van der Waals surface area contributed by atoms with Gasteiger partial charge in [-0.1, -0.05) is 48.5 Å². The van der Waals surface area contributed by atoms with E-state index in [9.17, 15) is 4.79 Å². The van der Waals surface area contributed by atoms with Crippen molar-refractivity contribution >= 4 is 6.09 Å². The number of fused-ring (bicyclic) bond motifs is 3. The quantitative estimate of drug-likeness (QED) is 0.773. The molecule has 2 aliphatic rings. The van der Waals surface area contributed by atoms with E-state index in [1.165, 1.54) is 22.3 Å². The Bertz CT molecular complexity index is 777. The van der Waals surface area contributed by atoms with Crippen LogP contribution in [0.2, 0.25) is 0 Å². The van der Waals surface area contributed by atoms with Gasteiger partial charge in [0.25, 0.3) is 0 Å². The summed E-state index contributed by atoms with van der Waals surface area (Å²) in [6.07, 6.45) is 2.65. The number of nitrogens with zero attached hydrogens (tertiary/aromatic N) is 1. The first-order chi connectivity index (χ1) is 13.8. The smallest absolute Gasteiger partial charge is 0.407 e. The van der Waals surface area contributed by atoms with Crippen molar-refractivity contribution < 1.29 is 14.6 Å². The monoisotopic (exact) mass is 380 g/mol. The molecule has 0 spiro atoms. The number of hydrogen-bond acceptors (Lipinski definition) is 4. The maximum absolute atomic E-state index is 12.3. The number of rotatable bonds is 7. The molecule has 5 nitrogen and oxygen atoms in total. The molecule has 2 aromatic carbocycles. The van der Waals surface area contributed by atoms with Gasteiger partial charge in [0, 0.05) is 31.7 Å². The second kappa shape index (κ2) is 8.76. The van der Waals surface area contributed by atoms with E-state index in [0.29, 0.717) is 19.2 Å². The highest BCUT2D eigenvalue weighted by Crippen LogP contribution is 2.44. The Morgan fingerprint density at radius 3 is 2.46 bits per heavy atom. The van der Waals surface area contributed by atoms with E-state index in [2.05, 4.69) is 46.6 Å². The molecule has 0 bridgehead atoms. The minimum absolute atomic E-state index is 0.0886. The van der Waals surface area contributed by atoms with E-state index in [0.717, 1.165) is 32.4 Å². The number of carbonyl (C=O) groups excluding carboxylic acids is 1.